The second-order valence-corrected chi connectivity index (χ2v) is 4.89. The molecule has 2 aromatic rings. The van der Waals surface area contributed by atoms with E-state index in [9.17, 15) is 14.9 Å². The first kappa shape index (κ1) is 14.1. The fraction of sp³-hybridized carbons (Fsp3) is 0.0769. The molecule has 1 aromatic heterocycles. The summed E-state index contributed by atoms with van der Waals surface area (Å²) in [5.74, 6) is -0.330. The van der Waals surface area contributed by atoms with Crippen molar-refractivity contribution in [2.75, 3.05) is 0 Å². The summed E-state index contributed by atoms with van der Waals surface area (Å²) < 4.78 is 0.785. The molecule has 0 aliphatic heterocycles. The van der Waals surface area contributed by atoms with Gasteiger partial charge in [-0.3, -0.25) is 14.9 Å². The van der Waals surface area contributed by atoms with Gasteiger partial charge in [0.1, 0.15) is 5.69 Å². The molecular weight excluding hydrogens is 326 g/mol. The molecule has 1 amide bonds. The minimum absolute atomic E-state index is 0.00137. The van der Waals surface area contributed by atoms with E-state index in [1.54, 1.807) is 24.3 Å². The second-order valence-electron chi connectivity index (χ2n) is 3.97. The molecule has 0 fully saturated rings. The molecule has 0 saturated carbocycles. The number of benzene rings is 1. The van der Waals surface area contributed by atoms with Crippen LogP contribution in [0.5, 0.6) is 0 Å². The Labute approximate surface area is 123 Å². The van der Waals surface area contributed by atoms with Gasteiger partial charge in [-0.1, -0.05) is 12.1 Å². The van der Waals surface area contributed by atoms with Gasteiger partial charge in [-0.2, -0.15) is 0 Å². The predicted octanol–water partition coefficient (Wildman–Crippen LogP) is 2.68. The Morgan fingerprint density at radius 1 is 1.35 bits per heavy atom. The summed E-state index contributed by atoms with van der Waals surface area (Å²) >= 11 is 3.23. The van der Waals surface area contributed by atoms with Gasteiger partial charge < -0.3 is 5.32 Å². The molecule has 1 N–H and O–H groups in total. The summed E-state index contributed by atoms with van der Waals surface area (Å²) in [6, 6.07) is 9.43. The molecule has 0 saturated heterocycles. The number of hydrogen-bond donors (Lipinski definition) is 1. The highest BCUT2D eigenvalue weighted by molar-refractivity contribution is 9.10. The van der Waals surface area contributed by atoms with Crippen molar-refractivity contribution in [3.63, 3.8) is 0 Å². The first-order valence-electron chi connectivity index (χ1n) is 5.69. The van der Waals surface area contributed by atoms with E-state index in [1.165, 1.54) is 18.3 Å². The number of nitrogens with zero attached hydrogens (tertiary/aromatic N) is 2. The van der Waals surface area contributed by atoms with Crippen molar-refractivity contribution < 1.29 is 9.72 Å². The van der Waals surface area contributed by atoms with Crippen molar-refractivity contribution in [1.82, 2.24) is 10.3 Å². The zero-order chi connectivity index (χ0) is 14.5. The number of hydrogen-bond acceptors (Lipinski definition) is 4. The molecule has 0 aliphatic carbocycles. The number of nitro benzene ring substituents is 1. The molecular formula is C13H10BrN3O3. The third kappa shape index (κ3) is 3.61. The van der Waals surface area contributed by atoms with Crippen LogP contribution in [0.4, 0.5) is 5.69 Å². The molecule has 1 heterocycles. The zero-order valence-corrected chi connectivity index (χ0v) is 11.8. The predicted molar refractivity (Wildman–Crippen MR) is 76.2 cm³/mol. The van der Waals surface area contributed by atoms with E-state index in [4.69, 9.17) is 0 Å². The first-order valence-corrected chi connectivity index (χ1v) is 6.48. The number of pyridine rings is 1. The van der Waals surface area contributed by atoms with Gasteiger partial charge in [0.15, 0.2) is 0 Å². The normalized spacial score (nSPS) is 10.1. The van der Waals surface area contributed by atoms with Crippen LogP contribution in [0.3, 0.4) is 0 Å². The molecule has 0 radical (unpaired) electrons. The number of non-ortho nitro benzene ring substituents is 1. The molecule has 1 aromatic carbocycles. The Kier molecular flexibility index (Phi) is 4.41. The first-order chi connectivity index (χ1) is 9.56. The van der Waals surface area contributed by atoms with E-state index in [2.05, 4.69) is 26.2 Å². The van der Waals surface area contributed by atoms with Crippen LogP contribution in [0.2, 0.25) is 0 Å². The average Bonchev–Trinajstić information content (AvgIpc) is 2.46. The Balaban J connectivity index is 2.01. The van der Waals surface area contributed by atoms with Crippen molar-refractivity contribution in [1.29, 1.82) is 0 Å². The fourth-order valence-corrected chi connectivity index (χ4v) is 1.80. The van der Waals surface area contributed by atoms with Gasteiger partial charge in [-0.15, -0.1) is 0 Å². The van der Waals surface area contributed by atoms with Crippen molar-refractivity contribution in [2.24, 2.45) is 0 Å². The molecule has 0 aliphatic rings. The van der Waals surface area contributed by atoms with E-state index in [-0.39, 0.29) is 18.1 Å². The fourth-order valence-electron chi connectivity index (χ4n) is 1.56. The molecule has 0 bridgehead atoms. The third-order valence-electron chi connectivity index (χ3n) is 2.53. The Hall–Kier alpha value is -2.28. The van der Waals surface area contributed by atoms with Crippen LogP contribution in [0.1, 0.15) is 16.1 Å². The largest absolute Gasteiger partial charge is 0.347 e. The monoisotopic (exact) mass is 335 g/mol. The van der Waals surface area contributed by atoms with Gasteiger partial charge >= 0.3 is 0 Å². The Morgan fingerprint density at radius 3 is 2.80 bits per heavy atom. The lowest BCUT2D eigenvalue weighted by Gasteiger charge is -2.05. The molecule has 0 atom stereocenters. The van der Waals surface area contributed by atoms with Crippen LogP contribution in [0.15, 0.2) is 47.1 Å². The average molecular weight is 336 g/mol. The molecule has 102 valence electrons. The highest BCUT2D eigenvalue weighted by Crippen LogP contribution is 2.13. The van der Waals surface area contributed by atoms with Gasteiger partial charge in [0.25, 0.3) is 11.6 Å². The lowest BCUT2D eigenvalue weighted by Crippen LogP contribution is -2.23. The van der Waals surface area contributed by atoms with Crippen LogP contribution in [-0.4, -0.2) is 15.8 Å². The highest BCUT2D eigenvalue weighted by atomic mass is 79.9. The molecule has 7 heteroatoms. The van der Waals surface area contributed by atoms with E-state index < -0.39 is 4.92 Å². The van der Waals surface area contributed by atoms with Crippen LogP contribution in [0.25, 0.3) is 0 Å². The van der Waals surface area contributed by atoms with Gasteiger partial charge in [0, 0.05) is 29.3 Å². The minimum atomic E-state index is -0.471. The van der Waals surface area contributed by atoms with Gasteiger partial charge in [0.2, 0.25) is 0 Å². The lowest BCUT2D eigenvalue weighted by atomic mass is 10.2. The summed E-state index contributed by atoms with van der Waals surface area (Å²) in [5, 5.41) is 13.3. The van der Waals surface area contributed by atoms with Crippen molar-refractivity contribution >= 4 is 27.5 Å². The van der Waals surface area contributed by atoms with Crippen molar-refractivity contribution in [3.8, 4) is 0 Å². The van der Waals surface area contributed by atoms with Gasteiger partial charge in [0.05, 0.1) is 4.92 Å². The Bertz CT molecular complexity index is 644. The van der Waals surface area contributed by atoms with E-state index in [1.807, 2.05) is 0 Å². The number of nitro groups is 1. The highest BCUT2D eigenvalue weighted by Gasteiger charge is 2.09. The maximum Gasteiger partial charge on any atom is 0.270 e. The number of nitrogens with one attached hydrogen (secondary N) is 1. The minimum Gasteiger partial charge on any atom is -0.347 e. The van der Waals surface area contributed by atoms with Crippen LogP contribution >= 0.6 is 15.9 Å². The number of aromatic nitrogens is 1. The number of halogens is 1. The molecule has 6 nitrogen and oxygen atoms in total. The SMILES string of the molecule is O=C(NCc1cccc([N+](=O)[O-])c1)c1ccc(Br)cn1. The summed E-state index contributed by atoms with van der Waals surface area (Å²) in [6.45, 7) is 0.207. The van der Waals surface area contributed by atoms with E-state index in [0.717, 1.165) is 4.47 Å². The third-order valence-corrected chi connectivity index (χ3v) is 3.00. The zero-order valence-electron chi connectivity index (χ0n) is 10.2. The Morgan fingerprint density at radius 2 is 2.15 bits per heavy atom. The van der Waals surface area contributed by atoms with Gasteiger partial charge in [-0.05, 0) is 33.6 Å². The maximum atomic E-state index is 11.8. The van der Waals surface area contributed by atoms with Crippen LogP contribution in [-0.2, 0) is 6.54 Å². The summed E-state index contributed by atoms with van der Waals surface area (Å²) in [6.07, 6.45) is 1.53. The molecule has 20 heavy (non-hydrogen) atoms. The van der Waals surface area contributed by atoms with Crippen LogP contribution < -0.4 is 5.32 Å². The maximum absolute atomic E-state index is 11.8. The van der Waals surface area contributed by atoms with Crippen LogP contribution in [0, 0.1) is 10.1 Å². The summed E-state index contributed by atoms with van der Waals surface area (Å²) in [4.78, 5) is 26.0. The quantitative estimate of drug-likeness (QED) is 0.687. The number of rotatable bonds is 4. The number of amides is 1. The summed E-state index contributed by atoms with van der Waals surface area (Å²) in [7, 11) is 0. The summed E-state index contributed by atoms with van der Waals surface area (Å²) in [5.41, 5.74) is 0.946. The smallest absolute Gasteiger partial charge is 0.270 e. The number of carbonyl (C=O) groups excluding carboxylic acids is 1. The molecule has 0 unspecified atom stereocenters. The molecule has 2 rings (SSSR count). The standard InChI is InChI=1S/C13H10BrN3O3/c14-10-4-5-12(15-8-10)13(18)16-7-9-2-1-3-11(6-9)17(19)20/h1-6,8H,7H2,(H,16,18). The van der Waals surface area contributed by atoms with Crippen molar-refractivity contribution in [3.05, 3.63) is 68.4 Å². The molecule has 0 spiro atoms. The second kappa shape index (κ2) is 6.25. The van der Waals surface area contributed by atoms with E-state index >= 15 is 0 Å². The topological polar surface area (TPSA) is 85.1 Å². The number of carbonyl (C=O) groups is 1. The van der Waals surface area contributed by atoms with E-state index in [0.29, 0.717) is 11.3 Å². The van der Waals surface area contributed by atoms with Gasteiger partial charge in [-0.25, -0.2) is 4.98 Å². The van der Waals surface area contributed by atoms with Crippen molar-refractivity contribution in [2.45, 2.75) is 6.54 Å². The lowest BCUT2D eigenvalue weighted by molar-refractivity contribution is -0.384.